The first-order chi connectivity index (χ1) is 9.04. The average molecular weight is 302 g/mol. The Kier molecular flexibility index (Phi) is 4.72. The molecule has 1 aromatic carbocycles. The Balaban J connectivity index is 2.17. The molecule has 0 radical (unpaired) electrons. The summed E-state index contributed by atoms with van der Waals surface area (Å²) >= 11 is 0. The Hall–Kier alpha value is -0.760. The molecule has 0 atom stereocenters. The molecule has 5 nitrogen and oxygen atoms in total. The lowest BCUT2D eigenvalue weighted by Crippen LogP contribution is -2.41. The lowest BCUT2D eigenvalue weighted by Gasteiger charge is -2.25. The van der Waals surface area contributed by atoms with Crippen LogP contribution in [0, 0.1) is 0 Å². The minimum absolute atomic E-state index is 0.293. The molecule has 0 aromatic heterocycles. The van der Waals surface area contributed by atoms with E-state index in [0.717, 1.165) is 12.0 Å². The van der Waals surface area contributed by atoms with E-state index >= 15 is 0 Å². The molecule has 1 fully saturated rings. The van der Waals surface area contributed by atoms with Gasteiger partial charge in [-0.1, -0.05) is 12.1 Å². The van der Waals surface area contributed by atoms with E-state index in [2.05, 4.69) is 0 Å². The molecule has 0 amide bonds. The molecule has 7 heteroatoms. The third kappa shape index (κ3) is 3.42. The van der Waals surface area contributed by atoms with Gasteiger partial charge in [0.05, 0.1) is 4.90 Å². The molecule has 0 saturated carbocycles. The van der Waals surface area contributed by atoms with Gasteiger partial charge in [0.2, 0.25) is 10.0 Å². The molecule has 0 spiro atoms. The number of rotatable bonds is 4. The van der Waals surface area contributed by atoms with E-state index in [0.29, 0.717) is 36.0 Å². The van der Waals surface area contributed by atoms with Crippen LogP contribution in [0.15, 0.2) is 29.2 Å². The van der Waals surface area contributed by atoms with Crippen molar-refractivity contribution >= 4 is 20.8 Å². The van der Waals surface area contributed by atoms with Crippen molar-refractivity contribution < 1.29 is 12.6 Å². The van der Waals surface area contributed by atoms with Crippen LogP contribution in [-0.2, 0) is 27.2 Å². The van der Waals surface area contributed by atoms with Crippen molar-refractivity contribution in [2.45, 2.75) is 11.3 Å². The number of nitrogens with zero attached hydrogens (tertiary/aromatic N) is 1. The topological polar surface area (TPSA) is 80.5 Å². The van der Waals surface area contributed by atoms with Crippen molar-refractivity contribution in [1.29, 1.82) is 0 Å². The molecule has 1 aliphatic rings. The van der Waals surface area contributed by atoms with Crippen molar-refractivity contribution in [1.82, 2.24) is 4.31 Å². The second kappa shape index (κ2) is 6.13. The van der Waals surface area contributed by atoms with Gasteiger partial charge in [-0.3, -0.25) is 4.21 Å². The monoisotopic (exact) mass is 302 g/mol. The van der Waals surface area contributed by atoms with Crippen LogP contribution in [0.1, 0.15) is 5.56 Å². The van der Waals surface area contributed by atoms with Gasteiger partial charge in [0.1, 0.15) is 0 Å². The number of hydrogen-bond donors (Lipinski definition) is 1. The van der Waals surface area contributed by atoms with Crippen molar-refractivity contribution in [3.63, 3.8) is 0 Å². The molecule has 1 aromatic rings. The summed E-state index contributed by atoms with van der Waals surface area (Å²) in [5, 5.41) is 0. The third-order valence-corrected chi connectivity index (χ3v) is 6.32. The maximum atomic E-state index is 12.4. The van der Waals surface area contributed by atoms with Crippen LogP contribution in [-0.4, -0.2) is 48.1 Å². The van der Waals surface area contributed by atoms with Gasteiger partial charge < -0.3 is 5.73 Å². The minimum Gasteiger partial charge on any atom is -0.330 e. The fourth-order valence-electron chi connectivity index (χ4n) is 2.01. The predicted octanol–water partition coefficient (Wildman–Crippen LogP) is -0.0592. The summed E-state index contributed by atoms with van der Waals surface area (Å²) in [5.74, 6) is 0.842. The highest BCUT2D eigenvalue weighted by Crippen LogP contribution is 2.18. The lowest BCUT2D eigenvalue weighted by molar-refractivity contribution is 0.438. The van der Waals surface area contributed by atoms with Crippen LogP contribution in [0.25, 0.3) is 0 Å². The smallest absolute Gasteiger partial charge is 0.243 e. The standard InChI is InChI=1S/C12H18N2O3S2/c13-6-5-11-1-3-12(4-2-11)19(16,17)14-7-9-18(15)10-8-14/h1-4H,5-10,13H2. The molecule has 0 unspecified atom stereocenters. The molecule has 0 bridgehead atoms. The molecule has 0 aliphatic carbocycles. The highest BCUT2D eigenvalue weighted by Gasteiger charge is 2.27. The average Bonchev–Trinajstić information content (AvgIpc) is 2.40. The molecule has 1 heterocycles. The Morgan fingerprint density at radius 2 is 1.74 bits per heavy atom. The summed E-state index contributed by atoms with van der Waals surface area (Å²) in [6, 6.07) is 6.82. The van der Waals surface area contributed by atoms with Crippen LogP contribution in [0.2, 0.25) is 0 Å². The SMILES string of the molecule is NCCc1ccc(S(=O)(=O)N2CCS(=O)CC2)cc1. The number of sulfonamides is 1. The Bertz CT molecular complexity index is 545. The highest BCUT2D eigenvalue weighted by molar-refractivity contribution is 7.89. The Morgan fingerprint density at radius 1 is 1.16 bits per heavy atom. The first-order valence-electron chi connectivity index (χ1n) is 6.18. The molecular formula is C12H18N2O3S2. The molecular weight excluding hydrogens is 284 g/mol. The van der Waals surface area contributed by atoms with Crippen LogP contribution in [0.3, 0.4) is 0 Å². The van der Waals surface area contributed by atoms with E-state index in [9.17, 15) is 12.6 Å². The van der Waals surface area contributed by atoms with Gasteiger partial charge in [-0.2, -0.15) is 4.31 Å². The van der Waals surface area contributed by atoms with Gasteiger partial charge in [0.15, 0.2) is 0 Å². The normalized spacial score (nSPS) is 18.6. The first-order valence-corrected chi connectivity index (χ1v) is 9.11. The summed E-state index contributed by atoms with van der Waals surface area (Å²) in [5.41, 5.74) is 6.49. The Morgan fingerprint density at radius 3 is 2.26 bits per heavy atom. The molecule has 106 valence electrons. The van der Waals surface area contributed by atoms with Gasteiger partial charge in [0, 0.05) is 35.4 Å². The quantitative estimate of drug-likeness (QED) is 0.845. The number of hydrogen-bond acceptors (Lipinski definition) is 4. The van der Waals surface area contributed by atoms with Crippen LogP contribution >= 0.6 is 0 Å². The van der Waals surface area contributed by atoms with Gasteiger partial charge in [-0.15, -0.1) is 0 Å². The zero-order chi connectivity index (χ0) is 13.9. The van der Waals surface area contributed by atoms with Gasteiger partial charge >= 0.3 is 0 Å². The van der Waals surface area contributed by atoms with Gasteiger partial charge in [-0.05, 0) is 30.7 Å². The summed E-state index contributed by atoms with van der Waals surface area (Å²) in [6.45, 7) is 1.21. The first kappa shape index (κ1) is 14.6. The van der Waals surface area contributed by atoms with E-state index in [1.165, 1.54) is 4.31 Å². The van der Waals surface area contributed by atoms with E-state index < -0.39 is 20.8 Å². The zero-order valence-electron chi connectivity index (χ0n) is 10.6. The van der Waals surface area contributed by atoms with Gasteiger partial charge in [-0.25, -0.2) is 8.42 Å². The lowest BCUT2D eigenvalue weighted by atomic mass is 10.2. The van der Waals surface area contributed by atoms with Crippen molar-refractivity contribution in [3.8, 4) is 0 Å². The number of benzene rings is 1. The maximum absolute atomic E-state index is 12.4. The summed E-state index contributed by atoms with van der Waals surface area (Å²) in [6.07, 6.45) is 0.739. The summed E-state index contributed by atoms with van der Waals surface area (Å²) < 4.78 is 37.4. The molecule has 2 N–H and O–H groups in total. The van der Waals surface area contributed by atoms with Crippen LogP contribution in [0.4, 0.5) is 0 Å². The van der Waals surface area contributed by atoms with Gasteiger partial charge in [0.25, 0.3) is 0 Å². The van der Waals surface area contributed by atoms with E-state index in [-0.39, 0.29) is 0 Å². The van der Waals surface area contributed by atoms with E-state index in [1.54, 1.807) is 24.3 Å². The van der Waals surface area contributed by atoms with E-state index in [1.807, 2.05) is 0 Å². The highest BCUT2D eigenvalue weighted by atomic mass is 32.2. The zero-order valence-corrected chi connectivity index (χ0v) is 12.3. The van der Waals surface area contributed by atoms with Crippen molar-refractivity contribution in [2.75, 3.05) is 31.1 Å². The molecule has 1 aliphatic heterocycles. The minimum atomic E-state index is -3.45. The van der Waals surface area contributed by atoms with Crippen LogP contribution < -0.4 is 5.73 Å². The van der Waals surface area contributed by atoms with Crippen molar-refractivity contribution in [3.05, 3.63) is 29.8 Å². The summed E-state index contributed by atoms with van der Waals surface area (Å²) in [7, 11) is -4.33. The Labute approximate surface area is 116 Å². The largest absolute Gasteiger partial charge is 0.330 e. The van der Waals surface area contributed by atoms with Crippen molar-refractivity contribution in [2.24, 2.45) is 5.73 Å². The summed E-state index contributed by atoms with van der Waals surface area (Å²) in [4.78, 5) is 0.293. The molecule has 1 saturated heterocycles. The van der Waals surface area contributed by atoms with E-state index in [4.69, 9.17) is 5.73 Å². The van der Waals surface area contributed by atoms with Crippen LogP contribution in [0.5, 0.6) is 0 Å². The fraction of sp³-hybridized carbons (Fsp3) is 0.500. The predicted molar refractivity (Wildman–Crippen MR) is 75.8 cm³/mol. The maximum Gasteiger partial charge on any atom is 0.243 e. The third-order valence-electron chi connectivity index (χ3n) is 3.13. The fourth-order valence-corrected chi connectivity index (χ4v) is 4.73. The molecule has 19 heavy (non-hydrogen) atoms. The molecule has 2 rings (SSSR count). The number of nitrogens with two attached hydrogens (primary N) is 1. The second-order valence-corrected chi connectivity index (χ2v) is 8.07. The second-order valence-electron chi connectivity index (χ2n) is 4.43.